The van der Waals surface area contributed by atoms with Crippen LogP contribution in [0.4, 0.5) is 0 Å². The van der Waals surface area contributed by atoms with Crippen LogP contribution in [0.3, 0.4) is 0 Å². The third-order valence-electron chi connectivity index (χ3n) is 1.77. The van der Waals surface area contributed by atoms with Crippen LogP contribution in [0.2, 0.25) is 0 Å². The summed E-state index contributed by atoms with van der Waals surface area (Å²) >= 11 is 0. The van der Waals surface area contributed by atoms with Crippen LogP contribution in [-0.2, 0) is 4.74 Å². The fourth-order valence-corrected chi connectivity index (χ4v) is 0.887. The molecule has 10 heavy (non-hydrogen) atoms. The first-order valence-corrected chi connectivity index (χ1v) is 3.53. The molecule has 0 radical (unpaired) electrons. The van der Waals surface area contributed by atoms with Gasteiger partial charge in [-0.25, -0.2) is 4.99 Å². The summed E-state index contributed by atoms with van der Waals surface area (Å²) in [4.78, 5) is 4.03. The van der Waals surface area contributed by atoms with Crippen LogP contribution in [0.5, 0.6) is 0 Å². The van der Waals surface area contributed by atoms with Gasteiger partial charge in [0.15, 0.2) is 5.72 Å². The van der Waals surface area contributed by atoms with E-state index in [9.17, 15) is 0 Å². The van der Waals surface area contributed by atoms with E-state index in [4.69, 9.17) is 4.74 Å². The molecular weight excluding hydrogens is 126 g/mol. The third-order valence-corrected chi connectivity index (χ3v) is 1.77. The maximum atomic E-state index is 5.21. The van der Waals surface area contributed by atoms with Crippen LogP contribution in [0.15, 0.2) is 11.6 Å². The number of hydrogen-bond donors (Lipinski definition) is 0. The predicted molar refractivity (Wildman–Crippen MR) is 43.4 cm³/mol. The molecule has 0 atom stereocenters. The lowest BCUT2D eigenvalue weighted by atomic mass is 10.1. The minimum Gasteiger partial charge on any atom is -0.356 e. The maximum Gasteiger partial charge on any atom is 0.166 e. The average molecular weight is 141 g/mol. The van der Waals surface area contributed by atoms with E-state index in [1.54, 1.807) is 7.11 Å². The van der Waals surface area contributed by atoms with E-state index in [1.807, 2.05) is 13.8 Å². The molecule has 0 bridgehead atoms. The van der Waals surface area contributed by atoms with Gasteiger partial charge in [0.2, 0.25) is 0 Å². The van der Waals surface area contributed by atoms with E-state index in [1.165, 1.54) is 0 Å². The highest BCUT2D eigenvalue weighted by atomic mass is 16.5. The van der Waals surface area contributed by atoms with Crippen molar-refractivity contribution in [2.45, 2.75) is 32.4 Å². The molecule has 58 valence electrons. The Morgan fingerprint density at radius 3 is 2.10 bits per heavy atom. The van der Waals surface area contributed by atoms with Crippen molar-refractivity contribution < 1.29 is 4.74 Å². The fourth-order valence-electron chi connectivity index (χ4n) is 0.887. The van der Waals surface area contributed by atoms with Crippen molar-refractivity contribution in [3.8, 4) is 0 Å². The van der Waals surface area contributed by atoms with Crippen molar-refractivity contribution in [2.24, 2.45) is 4.99 Å². The molecule has 0 aliphatic carbocycles. The minimum atomic E-state index is -0.373. The van der Waals surface area contributed by atoms with Crippen LogP contribution in [0.1, 0.15) is 26.7 Å². The molecule has 0 N–H and O–H groups in total. The van der Waals surface area contributed by atoms with Gasteiger partial charge in [0.05, 0.1) is 0 Å². The summed E-state index contributed by atoms with van der Waals surface area (Å²) in [6.07, 6.45) is 1.73. The van der Waals surface area contributed by atoms with E-state index < -0.39 is 0 Å². The van der Waals surface area contributed by atoms with Gasteiger partial charge in [0.1, 0.15) is 0 Å². The molecule has 0 saturated carbocycles. The van der Waals surface area contributed by atoms with Crippen LogP contribution >= 0.6 is 0 Å². The molecule has 2 heteroatoms. The van der Waals surface area contributed by atoms with Crippen LogP contribution in [0.25, 0.3) is 0 Å². The second-order valence-corrected chi connectivity index (χ2v) is 2.13. The van der Waals surface area contributed by atoms with E-state index in [2.05, 4.69) is 17.4 Å². The number of hydrogen-bond acceptors (Lipinski definition) is 2. The number of ether oxygens (including phenoxy) is 1. The first-order chi connectivity index (χ1) is 4.74. The van der Waals surface area contributed by atoms with Gasteiger partial charge in [-0.2, -0.15) is 0 Å². The van der Waals surface area contributed by atoms with Gasteiger partial charge in [-0.1, -0.05) is 13.8 Å². The highest BCUT2D eigenvalue weighted by molar-refractivity contribution is 5.47. The highest BCUT2D eigenvalue weighted by Gasteiger charge is 2.22. The first-order valence-electron chi connectivity index (χ1n) is 3.53. The van der Waals surface area contributed by atoms with Crippen molar-refractivity contribution in [2.75, 3.05) is 7.11 Å². The zero-order valence-corrected chi connectivity index (χ0v) is 6.98. The zero-order valence-electron chi connectivity index (χ0n) is 6.98. The molecule has 0 rings (SSSR count). The van der Waals surface area contributed by atoms with Crippen molar-refractivity contribution in [3.63, 3.8) is 0 Å². The summed E-state index contributed by atoms with van der Waals surface area (Å²) in [5, 5.41) is 0. The Bertz CT molecular complexity index is 124. The number of nitrogens with zero attached hydrogens (tertiary/aromatic N) is 1. The molecule has 0 aliphatic heterocycles. The lowest BCUT2D eigenvalue weighted by Crippen LogP contribution is -2.26. The van der Waals surface area contributed by atoms with Crippen molar-refractivity contribution in [1.29, 1.82) is 0 Å². The molecule has 2 nitrogen and oxygen atoms in total. The Morgan fingerprint density at radius 2 is 2.00 bits per heavy atom. The van der Waals surface area contributed by atoms with E-state index in [0.29, 0.717) is 0 Å². The normalized spacial score (nSPS) is 10.7. The largest absolute Gasteiger partial charge is 0.356 e. The molecule has 0 aromatic carbocycles. The molecule has 0 aromatic rings. The quantitative estimate of drug-likeness (QED) is 0.549. The van der Waals surface area contributed by atoms with E-state index in [-0.39, 0.29) is 5.72 Å². The smallest absolute Gasteiger partial charge is 0.166 e. The number of aliphatic imine (C=N–C) groups is 1. The summed E-state index contributed by atoms with van der Waals surface area (Å²) in [6, 6.07) is 0. The van der Waals surface area contributed by atoms with Gasteiger partial charge in [0, 0.05) is 7.11 Å². The summed E-state index contributed by atoms with van der Waals surface area (Å²) in [5.74, 6) is 2.51. The van der Waals surface area contributed by atoms with Gasteiger partial charge in [-0.3, -0.25) is 0 Å². The lowest BCUT2D eigenvalue weighted by molar-refractivity contribution is -0.00811. The van der Waals surface area contributed by atoms with Crippen molar-refractivity contribution >= 4 is 5.87 Å². The van der Waals surface area contributed by atoms with Gasteiger partial charge >= 0.3 is 0 Å². The molecule has 0 spiro atoms. The average Bonchev–Trinajstić information content (AvgIpc) is 2.01. The van der Waals surface area contributed by atoms with E-state index >= 15 is 0 Å². The summed E-state index contributed by atoms with van der Waals surface area (Å²) in [7, 11) is 1.66. The Morgan fingerprint density at radius 1 is 1.50 bits per heavy atom. The fraction of sp³-hybridized carbons (Fsp3) is 0.750. The standard InChI is InChI=1S/C8H15NO/c1-5-8(6-2,10-4)9-7-3/h3,5-6H2,1-2,4H3. The summed E-state index contributed by atoms with van der Waals surface area (Å²) in [6.45, 7) is 7.49. The van der Waals surface area contributed by atoms with Gasteiger partial charge in [-0.15, -0.1) is 0 Å². The van der Waals surface area contributed by atoms with Crippen LogP contribution in [0, 0.1) is 0 Å². The van der Waals surface area contributed by atoms with Gasteiger partial charge in [0.25, 0.3) is 0 Å². The van der Waals surface area contributed by atoms with Gasteiger partial charge in [-0.05, 0) is 25.3 Å². The monoisotopic (exact) mass is 141 g/mol. The lowest BCUT2D eigenvalue weighted by Gasteiger charge is -2.23. The molecule has 0 amide bonds. The highest BCUT2D eigenvalue weighted by Crippen LogP contribution is 2.19. The Balaban J connectivity index is 4.29. The Labute approximate surface area is 62.6 Å². The SMILES string of the molecule is C=C=NC(CC)(CC)OC. The Hall–Kier alpha value is -0.590. The Kier molecular flexibility index (Phi) is 4.01. The molecule has 0 unspecified atom stereocenters. The van der Waals surface area contributed by atoms with Crippen molar-refractivity contribution in [3.05, 3.63) is 6.58 Å². The zero-order chi connectivity index (χ0) is 8.04. The topological polar surface area (TPSA) is 21.6 Å². The van der Waals surface area contributed by atoms with E-state index in [0.717, 1.165) is 12.8 Å². The predicted octanol–water partition coefficient (Wildman–Crippen LogP) is 2.00. The van der Waals surface area contributed by atoms with Crippen molar-refractivity contribution in [1.82, 2.24) is 0 Å². The molecule has 0 saturated heterocycles. The first kappa shape index (κ1) is 9.41. The minimum absolute atomic E-state index is 0.373. The molecule has 0 fully saturated rings. The maximum absolute atomic E-state index is 5.21. The summed E-state index contributed by atoms with van der Waals surface area (Å²) in [5.41, 5.74) is -0.373. The number of rotatable bonds is 4. The second-order valence-electron chi connectivity index (χ2n) is 2.13. The second kappa shape index (κ2) is 4.26. The number of methoxy groups -OCH3 is 1. The van der Waals surface area contributed by atoms with Crippen LogP contribution in [-0.4, -0.2) is 18.7 Å². The van der Waals surface area contributed by atoms with Gasteiger partial charge < -0.3 is 4.74 Å². The molecule has 0 heterocycles. The molecular formula is C8H15NO. The third kappa shape index (κ3) is 1.98. The molecule has 0 aliphatic rings. The summed E-state index contributed by atoms with van der Waals surface area (Å²) < 4.78 is 5.21. The molecule has 0 aromatic heterocycles. The van der Waals surface area contributed by atoms with Crippen LogP contribution < -0.4 is 0 Å².